The van der Waals surface area contributed by atoms with Gasteiger partial charge in [0.1, 0.15) is 0 Å². The fourth-order valence-corrected chi connectivity index (χ4v) is 3.01. The Labute approximate surface area is 119 Å². The van der Waals surface area contributed by atoms with Crippen LogP contribution in [-0.2, 0) is 13.5 Å². The minimum atomic E-state index is 0.388. The van der Waals surface area contributed by atoms with E-state index in [1.807, 2.05) is 36.7 Å². The first-order valence-electron chi connectivity index (χ1n) is 6.53. The van der Waals surface area contributed by atoms with Crippen LogP contribution in [0.5, 0.6) is 0 Å². The summed E-state index contributed by atoms with van der Waals surface area (Å²) in [5.74, 6) is 0. The number of hydrogen-bond acceptors (Lipinski definition) is 3. The summed E-state index contributed by atoms with van der Waals surface area (Å²) in [4.78, 5) is 1.35. The maximum Gasteiger partial charge on any atom is 0.0492 e. The average Bonchev–Trinajstić information content (AvgIpc) is 2.85. The normalized spacial score (nSPS) is 12.6. The number of aromatic nitrogens is 2. The van der Waals surface area contributed by atoms with E-state index in [1.165, 1.54) is 16.2 Å². The molecule has 1 aromatic heterocycles. The van der Waals surface area contributed by atoms with Gasteiger partial charge in [-0.1, -0.05) is 18.2 Å². The molecule has 0 fully saturated rings. The summed E-state index contributed by atoms with van der Waals surface area (Å²) in [6.07, 6.45) is 6.10. The van der Waals surface area contributed by atoms with Gasteiger partial charge in [0.05, 0.1) is 0 Å². The molecule has 0 aliphatic carbocycles. The van der Waals surface area contributed by atoms with Crippen molar-refractivity contribution in [3.05, 3.63) is 47.8 Å². The van der Waals surface area contributed by atoms with Crippen LogP contribution in [0.1, 0.15) is 23.7 Å². The van der Waals surface area contributed by atoms with Crippen LogP contribution in [-0.4, -0.2) is 23.1 Å². The third-order valence-electron chi connectivity index (χ3n) is 3.47. The van der Waals surface area contributed by atoms with Gasteiger partial charge < -0.3 is 5.32 Å². The molecule has 2 aromatic rings. The second-order valence-corrected chi connectivity index (χ2v) is 5.42. The lowest BCUT2D eigenvalue weighted by atomic mass is 10.0. The fourth-order valence-electron chi connectivity index (χ4n) is 2.35. The second kappa shape index (κ2) is 6.78. The van der Waals surface area contributed by atoms with Gasteiger partial charge in [-0.15, -0.1) is 11.8 Å². The first-order chi connectivity index (χ1) is 9.26. The number of nitrogens with zero attached hydrogens (tertiary/aromatic N) is 2. The molecule has 1 heterocycles. The topological polar surface area (TPSA) is 29.9 Å². The molecule has 1 unspecified atom stereocenters. The van der Waals surface area contributed by atoms with E-state index < -0.39 is 0 Å². The number of thioether (sulfide) groups is 1. The van der Waals surface area contributed by atoms with Crippen LogP contribution in [0, 0.1) is 0 Å². The van der Waals surface area contributed by atoms with Crippen LogP contribution in [0.3, 0.4) is 0 Å². The van der Waals surface area contributed by atoms with E-state index in [-0.39, 0.29) is 0 Å². The van der Waals surface area contributed by atoms with Gasteiger partial charge >= 0.3 is 0 Å². The Hall–Kier alpha value is -1.26. The number of rotatable bonds is 6. The van der Waals surface area contributed by atoms with Gasteiger partial charge in [0, 0.05) is 29.9 Å². The molecule has 0 amide bonds. The monoisotopic (exact) mass is 275 g/mol. The maximum atomic E-state index is 4.22. The molecule has 0 aliphatic rings. The lowest BCUT2D eigenvalue weighted by Crippen LogP contribution is -2.18. The minimum Gasteiger partial charge on any atom is -0.313 e. The lowest BCUT2D eigenvalue weighted by molar-refractivity contribution is 0.529. The van der Waals surface area contributed by atoms with Gasteiger partial charge in [-0.2, -0.15) is 5.10 Å². The van der Waals surface area contributed by atoms with Crippen molar-refractivity contribution in [3.8, 4) is 0 Å². The van der Waals surface area contributed by atoms with E-state index in [4.69, 9.17) is 0 Å². The first-order valence-corrected chi connectivity index (χ1v) is 7.75. The predicted molar refractivity (Wildman–Crippen MR) is 81.6 cm³/mol. The van der Waals surface area contributed by atoms with Crippen LogP contribution in [0.2, 0.25) is 0 Å². The molecule has 1 aromatic carbocycles. The van der Waals surface area contributed by atoms with Crippen molar-refractivity contribution in [2.24, 2.45) is 7.05 Å². The number of aryl methyl sites for hydroxylation is 2. The molecule has 0 saturated carbocycles. The molecule has 0 radical (unpaired) electrons. The molecule has 0 saturated heterocycles. The molecule has 1 atom stereocenters. The van der Waals surface area contributed by atoms with Crippen LogP contribution in [0.4, 0.5) is 0 Å². The Morgan fingerprint density at radius 1 is 1.32 bits per heavy atom. The lowest BCUT2D eigenvalue weighted by Gasteiger charge is -2.19. The Bertz CT molecular complexity index is 522. The van der Waals surface area contributed by atoms with Crippen molar-refractivity contribution < 1.29 is 0 Å². The standard InChI is InChI=1S/C15H21N3S/c1-16-14(9-8-12-10-11-17-18(12)2)13-6-4-5-7-15(13)19-3/h4-7,10-11,14,16H,8-9H2,1-3H3. The largest absolute Gasteiger partial charge is 0.313 e. The Morgan fingerprint density at radius 3 is 2.74 bits per heavy atom. The molecule has 4 heteroatoms. The first kappa shape index (κ1) is 14.2. The zero-order valence-electron chi connectivity index (χ0n) is 11.8. The van der Waals surface area contributed by atoms with E-state index in [0.29, 0.717) is 6.04 Å². The number of hydrogen-bond donors (Lipinski definition) is 1. The summed E-state index contributed by atoms with van der Waals surface area (Å²) in [6.45, 7) is 0. The Kier molecular flexibility index (Phi) is 5.05. The molecule has 0 spiro atoms. The van der Waals surface area contributed by atoms with E-state index in [1.54, 1.807) is 0 Å². The van der Waals surface area contributed by atoms with Crippen molar-refractivity contribution in [2.75, 3.05) is 13.3 Å². The highest BCUT2D eigenvalue weighted by molar-refractivity contribution is 7.98. The van der Waals surface area contributed by atoms with Crippen molar-refractivity contribution in [3.63, 3.8) is 0 Å². The van der Waals surface area contributed by atoms with Gasteiger partial charge in [0.15, 0.2) is 0 Å². The summed E-state index contributed by atoms with van der Waals surface area (Å²) in [5, 5.41) is 7.65. The number of nitrogens with one attached hydrogen (secondary N) is 1. The van der Waals surface area contributed by atoms with Crippen LogP contribution >= 0.6 is 11.8 Å². The zero-order valence-corrected chi connectivity index (χ0v) is 12.6. The summed E-state index contributed by atoms with van der Waals surface area (Å²) < 4.78 is 1.95. The molecule has 102 valence electrons. The fraction of sp³-hybridized carbons (Fsp3) is 0.400. The van der Waals surface area contributed by atoms with Crippen molar-refractivity contribution in [1.82, 2.24) is 15.1 Å². The van der Waals surface area contributed by atoms with Crippen LogP contribution < -0.4 is 5.32 Å². The van der Waals surface area contributed by atoms with Crippen molar-refractivity contribution >= 4 is 11.8 Å². The molecule has 3 nitrogen and oxygen atoms in total. The smallest absolute Gasteiger partial charge is 0.0492 e. The average molecular weight is 275 g/mol. The number of benzene rings is 1. The van der Waals surface area contributed by atoms with E-state index in [2.05, 4.69) is 47.0 Å². The van der Waals surface area contributed by atoms with Gasteiger partial charge in [-0.25, -0.2) is 0 Å². The summed E-state index contributed by atoms with van der Waals surface area (Å²) in [6, 6.07) is 11.1. The highest BCUT2D eigenvalue weighted by atomic mass is 32.2. The molecule has 0 aliphatic heterocycles. The molecular weight excluding hydrogens is 254 g/mol. The highest BCUT2D eigenvalue weighted by Gasteiger charge is 2.13. The molecule has 1 N–H and O–H groups in total. The molecule has 2 rings (SSSR count). The van der Waals surface area contributed by atoms with Crippen LogP contribution in [0.25, 0.3) is 0 Å². The van der Waals surface area contributed by atoms with E-state index >= 15 is 0 Å². The van der Waals surface area contributed by atoms with E-state index in [9.17, 15) is 0 Å². The zero-order chi connectivity index (χ0) is 13.7. The third kappa shape index (κ3) is 3.39. The summed E-state index contributed by atoms with van der Waals surface area (Å²) in [5.41, 5.74) is 2.67. The van der Waals surface area contributed by atoms with Crippen molar-refractivity contribution in [2.45, 2.75) is 23.8 Å². The van der Waals surface area contributed by atoms with Crippen LogP contribution in [0.15, 0.2) is 41.4 Å². The van der Waals surface area contributed by atoms with E-state index in [0.717, 1.165) is 12.8 Å². The molecular formula is C15H21N3S. The van der Waals surface area contributed by atoms with Gasteiger partial charge in [0.25, 0.3) is 0 Å². The summed E-state index contributed by atoms with van der Waals surface area (Å²) >= 11 is 1.81. The van der Waals surface area contributed by atoms with Gasteiger partial charge in [-0.05, 0) is 43.8 Å². The quantitative estimate of drug-likeness (QED) is 0.822. The highest BCUT2D eigenvalue weighted by Crippen LogP contribution is 2.28. The second-order valence-electron chi connectivity index (χ2n) is 4.57. The SMILES string of the molecule is CNC(CCc1ccnn1C)c1ccccc1SC. The molecule has 19 heavy (non-hydrogen) atoms. The van der Waals surface area contributed by atoms with Gasteiger partial charge in [0.2, 0.25) is 0 Å². The Morgan fingerprint density at radius 2 is 2.11 bits per heavy atom. The van der Waals surface area contributed by atoms with Crippen molar-refractivity contribution in [1.29, 1.82) is 0 Å². The third-order valence-corrected chi connectivity index (χ3v) is 4.29. The summed E-state index contributed by atoms with van der Waals surface area (Å²) in [7, 11) is 4.03. The maximum absolute atomic E-state index is 4.22. The van der Waals surface area contributed by atoms with Gasteiger partial charge in [-0.3, -0.25) is 4.68 Å². The molecule has 0 bridgehead atoms. The minimum absolute atomic E-state index is 0.388. The predicted octanol–water partition coefficient (Wildman–Crippen LogP) is 3.04. The Balaban J connectivity index is 2.10.